The molecule has 2 unspecified atom stereocenters. The molecule has 6 heteroatoms. The van der Waals surface area contributed by atoms with Gasteiger partial charge in [0, 0.05) is 13.1 Å². The quantitative estimate of drug-likeness (QED) is 0.841. The van der Waals surface area contributed by atoms with E-state index < -0.39 is 23.7 Å². The Bertz CT molecular complexity index is 656. The lowest BCUT2D eigenvalue weighted by atomic mass is 9.95. The van der Waals surface area contributed by atoms with Gasteiger partial charge in [0.05, 0.1) is 11.4 Å². The van der Waals surface area contributed by atoms with Crippen molar-refractivity contribution in [1.82, 2.24) is 4.57 Å². The summed E-state index contributed by atoms with van der Waals surface area (Å²) in [4.78, 5) is 22.2. The molecule has 3 N–H and O–H groups in total. The Labute approximate surface area is 103 Å². The average Bonchev–Trinajstić information content (AvgIpc) is 2.62. The molecule has 1 heterocycles. The molecule has 1 aromatic heterocycles. The number of rotatable bonds is 3. The predicted octanol–water partition coefficient (Wildman–Crippen LogP) is 0.852. The molecule has 6 nitrogen and oxygen atoms in total. The Morgan fingerprint density at radius 2 is 2.17 bits per heavy atom. The van der Waals surface area contributed by atoms with Gasteiger partial charge in [-0.15, -0.1) is 0 Å². The Morgan fingerprint density at radius 3 is 2.78 bits per heavy atom. The Kier molecular flexibility index (Phi) is 2.96. The van der Waals surface area contributed by atoms with E-state index in [0.717, 1.165) is 0 Å². The van der Waals surface area contributed by atoms with Crippen molar-refractivity contribution in [2.24, 2.45) is 18.7 Å². The SMILES string of the molecule is CC(C(=O)O)C(N)c1ccc2c(c1)oc(=O)n2C. The third kappa shape index (κ3) is 1.91. The molecule has 0 aliphatic heterocycles. The van der Waals surface area contributed by atoms with E-state index in [0.29, 0.717) is 16.7 Å². The van der Waals surface area contributed by atoms with Crippen molar-refractivity contribution in [2.75, 3.05) is 0 Å². The van der Waals surface area contributed by atoms with E-state index in [9.17, 15) is 9.59 Å². The van der Waals surface area contributed by atoms with Crippen LogP contribution in [0.4, 0.5) is 0 Å². The molecule has 2 rings (SSSR count). The summed E-state index contributed by atoms with van der Waals surface area (Å²) in [5.41, 5.74) is 7.56. The molecular weight excluding hydrogens is 236 g/mol. The number of fused-ring (bicyclic) bond motifs is 1. The molecule has 0 bridgehead atoms. The molecule has 0 saturated carbocycles. The number of nitrogens with two attached hydrogens (primary N) is 1. The molecule has 0 radical (unpaired) electrons. The summed E-state index contributed by atoms with van der Waals surface area (Å²) >= 11 is 0. The Hall–Kier alpha value is -2.08. The lowest BCUT2D eigenvalue weighted by Gasteiger charge is -2.16. The number of hydrogen-bond acceptors (Lipinski definition) is 4. The number of carboxylic acid groups (broad SMARTS) is 1. The summed E-state index contributed by atoms with van der Waals surface area (Å²) in [5, 5.41) is 8.92. The molecule has 2 aromatic rings. The molecule has 0 fully saturated rings. The Morgan fingerprint density at radius 1 is 1.50 bits per heavy atom. The van der Waals surface area contributed by atoms with E-state index in [1.165, 1.54) is 4.57 Å². The molecule has 0 spiro atoms. The van der Waals surface area contributed by atoms with Crippen molar-refractivity contribution < 1.29 is 14.3 Å². The van der Waals surface area contributed by atoms with Gasteiger partial charge in [0.25, 0.3) is 0 Å². The number of nitrogens with zero attached hydrogens (tertiary/aromatic N) is 1. The molecule has 18 heavy (non-hydrogen) atoms. The maximum absolute atomic E-state index is 11.3. The van der Waals surface area contributed by atoms with Crippen LogP contribution in [0.15, 0.2) is 27.4 Å². The van der Waals surface area contributed by atoms with Crippen LogP contribution >= 0.6 is 0 Å². The van der Waals surface area contributed by atoms with E-state index in [1.54, 1.807) is 32.2 Å². The lowest BCUT2D eigenvalue weighted by molar-refractivity contribution is -0.141. The molecule has 0 aliphatic carbocycles. The van der Waals surface area contributed by atoms with Gasteiger partial charge in [-0.1, -0.05) is 13.0 Å². The largest absolute Gasteiger partial charge is 0.481 e. The molecule has 96 valence electrons. The minimum atomic E-state index is -0.961. The van der Waals surface area contributed by atoms with E-state index in [4.69, 9.17) is 15.3 Å². The van der Waals surface area contributed by atoms with Crippen molar-refractivity contribution >= 4 is 17.1 Å². The summed E-state index contributed by atoms with van der Waals surface area (Å²) in [7, 11) is 1.60. The monoisotopic (exact) mass is 250 g/mol. The fraction of sp³-hybridized carbons (Fsp3) is 0.333. The first-order valence-electron chi connectivity index (χ1n) is 5.49. The smallest absolute Gasteiger partial charge is 0.419 e. The summed E-state index contributed by atoms with van der Waals surface area (Å²) in [6.45, 7) is 1.54. The van der Waals surface area contributed by atoms with Crippen LogP contribution in [0.2, 0.25) is 0 Å². The van der Waals surface area contributed by atoms with E-state index >= 15 is 0 Å². The number of carboxylic acids is 1. The van der Waals surface area contributed by atoms with Crippen LogP contribution in [0.5, 0.6) is 0 Å². The highest BCUT2D eigenvalue weighted by molar-refractivity contribution is 5.75. The number of carbonyl (C=O) groups is 1. The standard InChI is InChI=1S/C12H14N2O4/c1-6(11(15)16)10(13)7-3-4-8-9(5-7)18-12(17)14(8)2/h3-6,10H,13H2,1-2H3,(H,15,16). The molecule has 0 aliphatic rings. The summed E-state index contributed by atoms with van der Waals surface area (Å²) in [6.07, 6.45) is 0. The van der Waals surface area contributed by atoms with Gasteiger partial charge in [-0.2, -0.15) is 0 Å². The molecule has 1 aromatic carbocycles. The van der Waals surface area contributed by atoms with Crippen molar-refractivity contribution in [3.63, 3.8) is 0 Å². The van der Waals surface area contributed by atoms with Crippen molar-refractivity contribution in [1.29, 1.82) is 0 Å². The maximum atomic E-state index is 11.3. The maximum Gasteiger partial charge on any atom is 0.419 e. The van der Waals surface area contributed by atoms with E-state index in [1.807, 2.05) is 0 Å². The van der Waals surface area contributed by atoms with Crippen LogP contribution < -0.4 is 11.5 Å². The minimum absolute atomic E-state index is 0.410. The number of hydrogen-bond donors (Lipinski definition) is 2. The minimum Gasteiger partial charge on any atom is -0.481 e. The van der Waals surface area contributed by atoms with Gasteiger partial charge in [-0.25, -0.2) is 4.79 Å². The average molecular weight is 250 g/mol. The number of benzene rings is 1. The summed E-state index contributed by atoms with van der Waals surface area (Å²) in [6, 6.07) is 4.38. The van der Waals surface area contributed by atoms with Crippen LogP contribution in [0.1, 0.15) is 18.5 Å². The van der Waals surface area contributed by atoms with Crippen LogP contribution in [-0.4, -0.2) is 15.6 Å². The van der Waals surface area contributed by atoms with Crippen molar-refractivity contribution in [3.8, 4) is 0 Å². The first-order valence-corrected chi connectivity index (χ1v) is 5.49. The fourth-order valence-corrected chi connectivity index (χ4v) is 1.80. The van der Waals surface area contributed by atoms with Crippen molar-refractivity contribution in [2.45, 2.75) is 13.0 Å². The number of aromatic nitrogens is 1. The second-order valence-corrected chi connectivity index (χ2v) is 4.31. The van der Waals surface area contributed by atoms with Gasteiger partial charge in [0.2, 0.25) is 0 Å². The van der Waals surface area contributed by atoms with Gasteiger partial charge in [0.1, 0.15) is 0 Å². The number of oxazole rings is 1. The highest BCUT2D eigenvalue weighted by Gasteiger charge is 2.22. The van der Waals surface area contributed by atoms with Gasteiger partial charge < -0.3 is 15.3 Å². The van der Waals surface area contributed by atoms with Crippen molar-refractivity contribution in [3.05, 3.63) is 34.3 Å². The first kappa shape index (κ1) is 12.4. The number of aryl methyl sites for hydroxylation is 1. The second kappa shape index (κ2) is 4.30. The van der Waals surface area contributed by atoms with Gasteiger partial charge >= 0.3 is 11.7 Å². The lowest BCUT2D eigenvalue weighted by Crippen LogP contribution is -2.25. The molecule has 0 amide bonds. The fourth-order valence-electron chi connectivity index (χ4n) is 1.80. The van der Waals surface area contributed by atoms with Crippen LogP contribution in [-0.2, 0) is 11.8 Å². The molecule has 0 saturated heterocycles. The van der Waals surface area contributed by atoms with Gasteiger partial charge in [-0.3, -0.25) is 9.36 Å². The summed E-state index contributed by atoms with van der Waals surface area (Å²) in [5.74, 6) is -2.13. The zero-order valence-corrected chi connectivity index (χ0v) is 10.1. The van der Waals surface area contributed by atoms with E-state index in [2.05, 4.69) is 0 Å². The van der Waals surface area contributed by atoms with Crippen LogP contribution in [0.25, 0.3) is 11.1 Å². The topological polar surface area (TPSA) is 98.5 Å². The molecule has 2 atom stereocenters. The Balaban J connectivity index is 2.47. The second-order valence-electron chi connectivity index (χ2n) is 4.31. The molecular formula is C12H14N2O4. The van der Waals surface area contributed by atoms with Gasteiger partial charge in [-0.05, 0) is 17.7 Å². The first-order chi connectivity index (χ1) is 8.41. The number of aliphatic carboxylic acids is 1. The normalized spacial score (nSPS) is 14.6. The third-order valence-electron chi connectivity index (χ3n) is 3.13. The third-order valence-corrected chi connectivity index (χ3v) is 3.13. The van der Waals surface area contributed by atoms with Crippen LogP contribution in [0, 0.1) is 5.92 Å². The highest BCUT2D eigenvalue weighted by atomic mass is 16.4. The van der Waals surface area contributed by atoms with Gasteiger partial charge in [0.15, 0.2) is 5.58 Å². The zero-order valence-electron chi connectivity index (χ0n) is 10.1. The zero-order chi connectivity index (χ0) is 13.4. The van der Waals surface area contributed by atoms with E-state index in [-0.39, 0.29) is 0 Å². The van der Waals surface area contributed by atoms with Crippen LogP contribution in [0.3, 0.4) is 0 Å². The summed E-state index contributed by atoms with van der Waals surface area (Å²) < 4.78 is 6.41. The highest BCUT2D eigenvalue weighted by Crippen LogP contribution is 2.23. The predicted molar refractivity (Wildman–Crippen MR) is 65.2 cm³/mol.